The molecule has 4 nitrogen and oxygen atoms in total. The summed E-state index contributed by atoms with van der Waals surface area (Å²) >= 11 is 1.54. The van der Waals surface area contributed by atoms with E-state index in [2.05, 4.69) is 15.0 Å². The van der Waals surface area contributed by atoms with Crippen LogP contribution in [0.4, 0.5) is 14.5 Å². The fourth-order valence-electron chi connectivity index (χ4n) is 1.64. The van der Waals surface area contributed by atoms with Crippen LogP contribution in [0, 0.1) is 6.92 Å². The molecule has 0 radical (unpaired) electrons. The van der Waals surface area contributed by atoms with Crippen LogP contribution in [0.3, 0.4) is 0 Å². The lowest BCUT2D eigenvalue weighted by Gasteiger charge is -2.13. The van der Waals surface area contributed by atoms with Crippen LogP contribution in [-0.2, 0) is 6.54 Å². The van der Waals surface area contributed by atoms with Crippen LogP contribution in [0.1, 0.15) is 9.88 Å². The number of methoxy groups -OCH3 is 1. The quantitative estimate of drug-likeness (QED) is 0.884. The largest absolute Gasteiger partial charge is 0.497 e. The molecule has 2 aromatic rings. The van der Waals surface area contributed by atoms with Gasteiger partial charge in [-0.05, 0) is 19.1 Å². The number of hydrogen-bond donors (Lipinski definition) is 1. The summed E-state index contributed by atoms with van der Waals surface area (Å²) in [6.07, 6.45) is 1.75. The zero-order chi connectivity index (χ0) is 14.5. The Morgan fingerprint density at radius 1 is 1.40 bits per heavy atom. The van der Waals surface area contributed by atoms with Crippen molar-refractivity contribution in [3.05, 3.63) is 34.3 Å². The molecule has 0 fully saturated rings. The molecule has 2 rings (SSSR count). The number of alkyl halides is 2. The van der Waals surface area contributed by atoms with Crippen LogP contribution >= 0.6 is 11.3 Å². The Labute approximate surface area is 119 Å². The van der Waals surface area contributed by atoms with E-state index in [1.54, 1.807) is 29.7 Å². The molecule has 0 aliphatic heterocycles. The molecule has 0 unspecified atom stereocenters. The van der Waals surface area contributed by atoms with E-state index in [-0.39, 0.29) is 5.75 Å². The summed E-state index contributed by atoms with van der Waals surface area (Å²) in [7, 11) is 1.51. The molecule has 0 spiro atoms. The molecule has 0 bridgehead atoms. The fraction of sp³-hybridized carbons (Fsp3) is 0.308. The van der Waals surface area contributed by atoms with Crippen LogP contribution in [-0.4, -0.2) is 18.7 Å². The third-order valence-electron chi connectivity index (χ3n) is 2.53. The molecule has 0 amide bonds. The summed E-state index contributed by atoms with van der Waals surface area (Å²) in [6, 6.07) is 4.64. The summed E-state index contributed by atoms with van der Waals surface area (Å²) < 4.78 is 34.3. The maximum Gasteiger partial charge on any atom is 0.387 e. The van der Waals surface area contributed by atoms with Gasteiger partial charge in [-0.15, -0.1) is 11.3 Å². The summed E-state index contributed by atoms with van der Waals surface area (Å²) in [5, 5.41) is 4.01. The van der Waals surface area contributed by atoms with Crippen LogP contribution < -0.4 is 14.8 Å². The molecule has 0 aliphatic rings. The van der Waals surface area contributed by atoms with Gasteiger partial charge in [0.2, 0.25) is 0 Å². The van der Waals surface area contributed by atoms with Gasteiger partial charge in [0.25, 0.3) is 0 Å². The molecular formula is C13H14F2N2O2S. The molecule has 1 N–H and O–H groups in total. The van der Waals surface area contributed by atoms with Crippen molar-refractivity contribution in [3.63, 3.8) is 0 Å². The summed E-state index contributed by atoms with van der Waals surface area (Å²) in [4.78, 5) is 5.14. The van der Waals surface area contributed by atoms with E-state index < -0.39 is 6.61 Å². The maximum absolute atomic E-state index is 12.4. The number of nitrogens with one attached hydrogen (secondary N) is 1. The number of anilines is 1. The molecule has 108 valence electrons. The Morgan fingerprint density at radius 2 is 2.20 bits per heavy atom. The normalized spacial score (nSPS) is 10.7. The lowest BCUT2D eigenvalue weighted by Crippen LogP contribution is -2.06. The van der Waals surface area contributed by atoms with E-state index in [0.29, 0.717) is 18.0 Å². The minimum Gasteiger partial charge on any atom is -0.497 e. The minimum absolute atomic E-state index is 0.0852. The van der Waals surface area contributed by atoms with E-state index in [4.69, 9.17) is 4.74 Å². The highest BCUT2D eigenvalue weighted by molar-refractivity contribution is 7.11. The third-order valence-corrected chi connectivity index (χ3v) is 3.44. The van der Waals surface area contributed by atoms with Crippen molar-refractivity contribution in [1.82, 2.24) is 4.98 Å². The Hall–Kier alpha value is -1.89. The van der Waals surface area contributed by atoms with E-state index in [0.717, 1.165) is 9.88 Å². The van der Waals surface area contributed by atoms with Crippen LogP contribution in [0.2, 0.25) is 0 Å². The number of aromatic nitrogens is 1. The van der Waals surface area contributed by atoms with E-state index in [1.165, 1.54) is 13.2 Å². The molecule has 7 heteroatoms. The van der Waals surface area contributed by atoms with Crippen molar-refractivity contribution in [2.75, 3.05) is 12.4 Å². The number of hydrogen-bond acceptors (Lipinski definition) is 5. The predicted molar refractivity (Wildman–Crippen MR) is 73.8 cm³/mol. The molecule has 20 heavy (non-hydrogen) atoms. The van der Waals surface area contributed by atoms with Gasteiger partial charge in [0.15, 0.2) is 0 Å². The maximum atomic E-state index is 12.4. The summed E-state index contributed by atoms with van der Waals surface area (Å²) in [6.45, 7) is -0.474. The Morgan fingerprint density at radius 3 is 2.80 bits per heavy atom. The van der Waals surface area contributed by atoms with Gasteiger partial charge >= 0.3 is 6.61 Å². The third kappa shape index (κ3) is 3.80. The van der Waals surface area contributed by atoms with Crippen LogP contribution in [0.25, 0.3) is 0 Å². The lowest BCUT2D eigenvalue weighted by molar-refractivity contribution is -0.0493. The molecule has 0 saturated heterocycles. The van der Waals surface area contributed by atoms with Crippen molar-refractivity contribution in [3.8, 4) is 11.5 Å². The van der Waals surface area contributed by atoms with Gasteiger partial charge in [0, 0.05) is 17.1 Å². The number of nitrogens with zero attached hydrogens (tertiary/aromatic N) is 1. The SMILES string of the molecule is COc1ccc(OC(F)F)c(NCc2cnc(C)s2)c1. The lowest BCUT2D eigenvalue weighted by atomic mass is 10.2. The number of halogens is 2. The Bertz CT molecular complexity index is 575. The molecule has 0 aliphatic carbocycles. The van der Waals surface area contributed by atoms with Gasteiger partial charge < -0.3 is 14.8 Å². The van der Waals surface area contributed by atoms with Crippen molar-refractivity contribution in [2.45, 2.75) is 20.1 Å². The standard InChI is InChI=1S/C13H14F2N2O2S/c1-8-16-6-10(20-8)7-17-11-5-9(18-2)3-4-12(11)19-13(14)15/h3-6,13,17H,7H2,1-2H3. The van der Waals surface area contributed by atoms with Gasteiger partial charge in [-0.1, -0.05) is 0 Å². The van der Waals surface area contributed by atoms with Gasteiger partial charge in [0.1, 0.15) is 11.5 Å². The number of aryl methyl sites for hydroxylation is 1. The smallest absolute Gasteiger partial charge is 0.387 e. The van der Waals surface area contributed by atoms with E-state index >= 15 is 0 Å². The molecule has 1 aromatic heterocycles. The molecule has 1 aromatic carbocycles. The Balaban J connectivity index is 2.14. The second kappa shape index (κ2) is 6.51. The molecular weight excluding hydrogens is 286 g/mol. The van der Waals surface area contributed by atoms with Gasteiger partial charge in [-0.25, -0.2) is 4.98 Å². The number of rotatable bonds is 6. The monoisotopic (exact) mass is 300 g/mol. The zero-order valence-electron chi connectivity index (χ0n) is 11.0. The Kier molecular flexibility index (Phi) is 4.73. The van der Waals surface area contributed by atoms with E-state index in [9.17, 15) is 8.78 Å². The van der Waals surface area contributed by atoms with Gasteiger partial charge in [-0.2, -0.15) is 8.78 Å². The highest BCUT2D eigenvalue weighted by Gasteiger charge is 2.11. The van der Waals surface area contributed by atoms with Crippen LogP contribution in [0.5, 0.6) is 11.5 Å². The summed E-state index contributed by atoms with van der Waals surface area (Å²) in [5.74, 6) is 0.650. The first-order valence-corrected chi connectivity index (χ1v) is 6.68. The first kappa shape index (κ1) is 14.5. The second-order valence-electron chi connectivity index (χ2n) is 3.94. The predicted octanol–water partition coefficient (Wildman–Crippen LogP) is 3.67. The van der Waals surface area contributed by atoms with Crippen molar-refractivity contribution in [1.29, 1.82) is 0 Å². The van der Waals surface area contributed by atoms with Crippen molar-refractivity contribution < 1.29 is 18.3 Å². The average molecular weight is 300 g/mol. The second-order valence-corrected chi connectivity index (χ2v) is 5.26. The van der Waals surface area contributed by atoms with Gasteiger partial charge in [0.05, 0.1) is 24.3 Å². The molecule has 1 heterocycles. The first-order valence-electron chi connectivity index (χ1n) is 5.86. The van der Waals surface area contributed by atoms with E-state index in [1.807, 2.05) is 6.92 Å². The minimum atomic E-state index is -2.87. The summed E-state index contributed by atoms with van der Waals surface area (Å²) in [5.41, 5.74) is 0.454. The average Bonchev–Trinajstić information content (AvgIpc) is 2.83. The number of benzene rings is 1. The highest BCUT2D eigenvalue weighted by Crippen LogP contribution is 2.31. The number of thiazole rings is 1. The van der Waals surface area contributed by atoms with Crippen molar-refractivity contribution in [2.24, 2.45) is 0 Å². The van der Waals surface area contributed by atoms with Crippen molar-refractivity contribution >= 4 is 17.0 Å². The molecule has 0 atom stereocenters. The fourth-order valence-corrected chi connectivity index (χ4v) is 2.38. The van der Waals surface area contributed by atoms with Crippen LogP contribution in [0.15, 0.2) is 24.4 Å². The number of ether oxygens (including phenoxy) is 2. The highest BCUT2D eigenvalue weighted by atomic mass is 32.1. The molecule has 0 saturated carbocycles. The first-order chi connectivity index (χ1) is 9.58. The zero-order valence-corrected chi connectivity index (χ0v) is 11.8. The van der Waals surface area contributed by atoms with Gasteiger partial charge in [-0.3, -0.25) is 0 Å². The topological polar surface area (TPSA) is 43.4 Å².